The number of hydrogen-bond donors (Lipinski definition) is 0. The van der Waals surface area contributed by atoms with Gasteiger partial charge in [-0.1, -0.05) is 6.07 Å². The second-order valence-electron chi connectivity index (χ2n) is 5.57. The SMILES string of the molecule is COc1ccc(CN(C)C(=O)c2ccc(N(C)C)cc2)cc1F. The minimum absolute atomic E-state index is 0.105. The highest BCUT2D eigenvalue weighted by Gasteiger charge is 2.13. The van der Waals surface area contributed by atoms with Crippen molar-refractivity contribution in [3.63, 3.8) is 0 Å². The summed E-state index contributed by atoms with van der Waals surface area (Å²) < 4.78 is 18.6. The third-order valence-electron chi connectivity index (χ3n) is 3.61. The van der Waals surface area contributed by atoms with Crippen LogP contribution in [0.25, 0.3) is 0 Å². The lowest BCUT2D eigenvalue weighted by molar-refractivity contribution is 0.0785. The summed E-state index contributed by atoms with van der Waals surface area (Å²) in [6, 6.07) is 12.1. The molecule has 4 nitrogen and oxygen atoms in total. The van der Waals surface area contributed by atoms with E-state index < -0.39 is 5.82 Å². The first-order valence-corrected chi connectivity index (χ1v) is 7.27. The molecular weight excluding hydrogens is 295 g/mol. The Morgan fingerprint density at radius 3 is 2.26 bits per heavy atom. The zero-order chi connectivity index (χ0) is 17.0. The zero-order valence-corrected chi connectivity index (χ0v) is 13.8. The fraction of sp³-hybridized carbons (Fsp3) is 0.278. The number of ether oxygens (including phenoxy) is 1. The highest BCUT2D eigenvalue weighted by atomic mass is 19.1. The number of hydrogen-bond acceptors (Lipinski definition) is 3. The first kappa shape index (κ1) is 16.8. The van der Waals surface area contributed by atoms with Crippen LogP contribution in [0.1, 0.15) is 15.9 Å². The molecule has 2 aromatic carbocycles. The summed E-state index contributed by atoms with van der Waals surface area (Å²) in [6.07, 6.45) is 0. The number of rotatable bonds is 5. The third-order valence-corrected chi connectivity index (χ3v) is 3.61. The van der Waals surface area contributed by atoms with Crippen molar-refractivity contribution in [2.45, 2.75) is 6.54 Å². The Hall–Kier alpha value is -2.56. The molecule has 0 aromatic heterocycles. The molecule has 0 bridgehead atoms. The van der Waals surface area contributed by atoms with Crippen LogP contribution in [0, 0.1) is 5.82 Å². The molecule has 0 unspecified atom stereocenters. The predicted octanol–water partition coefficient (Wildman–Crippen LogP) is 3.17. The van der Waals surface area contributed by atoms with Crippen LogP contribution in [0.5, 0.6) is 5.75 Å². The van der Waals surface area contributed by atoms with Crippen LogP contribution in [-0.4, -0.2) is 39.1 Å². The minimum Gasteiger partial charge on any atom is -0.494 e. The van der Waals surface area contributed by atoms with Gasteiger partial charge in [0.15, 0.2) is 11.6 Å². The lowest BCUT2D eigenvalue weighted by Gasteiger charge is -2.18. The molecule has 0 aliphatic carbocycles. The summed E-state index contributed by atoms with van der Waals surface area (Å²) in [5, 5.41) is 0. The Bertz CT molecular complexity index is 684. The molecule has 0 fully saturated rings. The molecule has 122 valence electrons. The molecule has 0 atom stereocenters. The van der Waals surface area contributed by atoms with Gasteiger partial charge in [-0.15, -0.1) is 0 Å². The summed E-state index contributed by atoms with van der Waals surface area (Å²) >= 11 is 0. The maximum Gasteiger partial charge on any atom is 0.253 e. The Kier molecular flexibility index (Phi) is 5.21. The van der Waals surface area contributed by atoms with E-state index in [-0.39, 0.29) is 11.7 Å². The summed E-state index contributed by atoms with van der Waals surface area (Å²) in [5.41, 5.74) is 2.34. The van der Waals surface area contributed by atoms with Gasteiger partial charge in [0.05, 0.1) is 7.11 Å². The number of methoxy groups -OCH3 is 1. The average molecular weight is 316 g/mol. The number of benzene rings is 2. The molecule has 2 aromatic rings. The number of nitrogens with zero attached hydrogens (tertiary/aromatic N) is 2. The van der Waals surface area contributed by atoms with Crippen molar-refractivity contribution in [1.82, 2.24) is 4.90 Å². The quantitative estimate of drug-likeness (QED) is 0.849. The maximum absolute atomic E-state index is 13.7. The number of anilines is 1. The highest BCUT2D eigenvalue weighted by molar-refractivity contribution is 5.94. The van der Waals surface area contributed by atoms with Gasteiger partial charge in [-0.05, 0) is 42.0 Å². The van der Waals surface area contributed by atoms with Gasteiger partial charge in [-0.3, -0.25) is 4.79 Å². The van der Waals surface area contributed by atoms with Crippen LogP contribution < -0.4 is 9.64 Å². The lowest BCUT2D eigenvalue weighted by Crippen LogP contribution is -2.26. The van der Waals surface area contributed by atoms with Gasteiger partial charge >= 0.3 is 0 Å². The number of carbonyl (C=O) groups is 1. The van der Waals surface area contributed by atoms with Crippen molar-refractivity contribution in [3.8, 4) is 5.75 Å². The van der Waals surface area contributed by atoms with Crippen molar-refractivity contribution >= 4 is 11.6 Å². The van der Waals surface area contributed by atoms with Crippen LogP contribution in [0.15, 0.2) is 42.5 Å². The van der Waals surface area contributed by atoms with E-state index in [9.17, 15) is 9.18 Å². The fourth-order valence-electron chi connectivity index (χ4n) is 2.28. The van der Waals surface area contributed by atoms with Gasteiger partial charge in [0, 0.05) is 38.9 Å². The Morgan fingerprint density at radius 2 is 1.74 bits per heavy atom. The lowest BCUT2D eigenvalue weighted by atomic mass is 10.1. The van der Waals surface area contributed by atoms with Crippen molar-refractivity contribution in [1.29, 1.82) is 0 Å². The van der Waals surface area contributed by atoms with Crippen molar-refractivity contribution in [2.75, 3.05) is 33.2 Å². The first-order chi connectivity index (χ1) is 10.9. The Labute approximate surface area is 136 Å². The van der Waals surface area contributed by atoms with E-state index in [4.69, 9.17) is 4.74 Å². The Balaban J connectivity index is 2.09. The zero-order valence-electron chi connectivity index (χ0n) is 13.8. The average Bonchev–Trinajstić information content (AvgIpc) is 2.54. The molecule has 0 saturated heterocycles. The van der Waals surface area contributed by atoms with Crippen LogP contribution in [0.3, 0.4) is 0 Å². The summed E-state index contributed by atoms with van der Waals surface area (Å²) in [6.45, 7) is 0.329. The second-order valence-corrected chi connectivity index (χ2v) is 5.57. The highest BCUT2D eigenvalue weighted by Crippen LogP contribution is 2.19. The molecule has 1 amide bonds. The monoisotopic (exact) mass is 316 g/mol. The topological polar surface area (TPSA) is 32.8 Å². The van der Waals surface area contributed by atoms with E-state index >= 15 is 0 Å². The van der Waals surface area contributed by atoms with Crippen LogP contribution in [-0.2, 0) is 6.54 Å². The minimum atomic E-state index is -0.429. The molecule has 2 rings (SSSR count). The van der Waals surface area contributed by atoms with E-state index in [1.165, 1.54) is 13.2 Å². The number of amides is 1. The molecule has 23 heavy (non-hydrogen) atoms. The van der Waals surface area contributed by atoms with E-state index in [1.807, 2.05) is 31.1 Å². The third kappa shape index (κ3) is 4.00. The fourth-order valence-corrected chi connectivity index (χ4v) is 2.28. The molecule has 0 N–H and O–H groups in total. The maximum atomic E-state index is 13.7. The molecule has 0 radical (unpaired) electrons. The van der Waals surface area contributed by atoms with E-state index in [0.717, 1.165) is 5.69 Å². The van der Waals surface area contributed by atoms with E-state index in [2.05, 4.69) is 0 Å². The normalized spacial score (nSPS) is 10.3. The molecule has 0 aliphatic heterocycles. The van der Waals surface area contributed by atoms with Crippen LogP contribution in [0.4, 0.5) is 10.1 Å². The molecule has 0 heterocycles. The van der Waals surface area contributed by atoms with Gasteiger partial charge in [0.25, 0.3) is 5.91 Å². The van der Waals surface area contributed by atoms with Gasteiger partial charge in [0.1, 0.15) is 0 Å². The molecule has 0 saturated carbocycles. The predicted molar refractivity (Wildman–Crippen MR) is 89.5 cm³/mol. The standard InChI is InChI=1S/C18H21FN2O2/c1-20(2)15-8-6-14(7-9-15)18(22)21(3)12-13-5-10-17(23-4)16(19)11-13/h5-11H,12H2,1-4H3. The largest absolute Gasteiger partial charge is 0.494 e. The summed E-state index contributed by atoms with van der Waals surface area (Å²) in [4.78, 5) is 16.0. The van der Waals surface area contributed by atoms with Crippen molar-refractivity contribution < 1.29 is 13.9 Å². The molecule has 0 spiro atoms. The smallest absolute Gasteiger partial charge is 0.253 e. The summed E-state index contributed by atoms with van der Waals surface area (Å²) in [7, 11) is 7.01. The van der Waals surface area contributed by atoms with Crippen molar-refractivity contribution in [2.24, 2.45) is 0 Å². The second kappa shape index (κ2) is 7.13. The van der Waals surface area contributed by atoms with Gasteiger partial charge in [-0.2, -0.15) is 0 Å². The number of carbonyl (C=O) groups excluding carboxylic acids is 1. The van der Waals surface area contributed by atoms with Crippen molar-refractivity contribution in [3.05, 3.63) is 59.4 Å². The summed E-state index contributed by atoms with van der Waals surface area (Å²) in [5.74, 6) is -0.338. The van der Waals surface area contributed by atoms with Crippen LogP contribution >= 0.6 is 0 Å². The van der Waals surface area contributed by atoms with Crippen LogP contribution in [0.2, 0.25) is 0 Å². The van der Waals surface area contributed by atoms with Gasteiger partial charge < -0.3 is 14.5 Å². The van der Waals surface area contributed by atoms with E-state index in [0.29, 0.717) is 17.7 Å². The van der Waals surface area contributed by atoms with E-state index in [1.54, 1.807) is 36.2 Å². The van der Waals surface area contributed by atoms with Gasteiger partial charge in [-0.25, -0.2) is 4.39 Å². The molecular formula is C18H21FN2O2. The molecule has 0 aliphatic rings. The first-order valence-electron chi connectivity index (χ1n) is 7.27. The Morgan fingerprint density at radius 1 is 1.09 bits per heavy atom. The molecule has 5 heteroatoms. The van der Waals surface area contributed by atoms with Gasteiger partial charge in [0.2, 0.25) is 0 Å². The number of halogens is 1.